The number of rotatable bonds is 3. The number of Topliss-reactive ketones (excluding diaryl/α,β-unsaturated/α-hetero) is 1. The molecular formula is C15H17NO3S. The number of nitrogens with zero attached hydrogens (tertiary/aromatic N) is 1. The molecule has 0 atom stereocenters. The first kappa shape index (κ1) is 14.7. The first-order valence-electron chi connectivity index (χ1n) is 6.45. The zero-order valence-corrected chi connectivity index (χ0v) is 12.8. The molecule has 0 spiro atoms. The molecule has 0 amide bonds. The molecule has 5 heteroatoms. The zero-order chi connectivity index (χ0) is 14.9. The van der Waals surface area contributed by atoms with Gasteiger partial charge in [0.15, 0.2) is 0 Å². The Morgan fingerprint density at radius 3 is 2.60 bits per heavy atom. The van der Waals surface area contributed by atoms with Gasteiger partial charge in [0.25, 0.3) is 5.78 Å². The highest BCUT2D eigenvalue weighted by Crippen LogP contribution is 2.31. The molecule has 2 aromatic rings. The predicted octanol–water partition coefficient (Wildman–Crippen LogP) is 3.34. The lowest BCUT2D eigenvalue weighted by molar-refractivity contribution is -0.137. The second kappa shape index (κ2) is 5.32. The highest BCUT2D eigenvalue weighted by Gasteiger charge is 2.21. The van der Waals surface area contributed by atoms with Gasteiger partial charge in [-0.05, 0) is 25.1 Å². The fourth-order valence-corrected chi connectivity index (χ4v) is 2.76. The molecule has 0 fully saturated rings. The Morgan fingerprint density at radius 1 is 1.30 bits per heavy atom. The third-order valence-electron chi connectivity index (χ3n) is 2.75. The Bertz CT molecular complexity index is 667. The third-order valence-corrected chi connectivity index (χ3v) is 4.20. The van der Waals surface area contributed by atoms with Crippen LogP contribution < -0.4 is 0 Å². The van der Waals surface area contributed by atoms with E-state index in [9.17, 15) is 9.59 Å². The summed E-state index contributed by atoms with van der Waals surface area (Å²) in [6, 6.07) is 5.10. The smallest absolute Gasteiger partial charge is 0.379 e. The number of benzene rings is 1. The zero-order valence-electron chi connectivity index (χ0n) is 12.0. The van der Waals surface area contributed by atoms with Gasteiger partial charge in [-0.3, -0.25) is 4.79 Å². The molecule has 20 heavy (non-hydrogen) atoms. The van der Waals surface area contributed by atoms with Crippen molar-refractivity contribution in [2.75, 3.05) is 6.61 Å². The van der Waals surface area contributed by atoms with E-state index in [4.69, 9.17) is 4.74 Å². The van der Waals surface area contributed by atoms with Crippen LogP contribution in [0.1, 0.15) is 43.1 Å². The highest BCUT2D eigenvalue weighted by molar-refractivity contribution is 7.18. The lowest BCUT2D eigenvalue weighted by Crippen LogP contribution is -2.17. The van der Waals surface area contributed by atoms with E-state index < -0.39 is 11.8 Å². The Morgan fingerprint density at radius 2 is 2.00 bits per heavy atom. The molecule has 2 rings (SSSR count). The average Bonchev–Trinajstić information content (AvgIpc) is 2.80. The summed E-state index contributed by atoms with van der Waals surface area (Å²) in [5.74, 6) is -1.42. The summed E-state index contributed by atoms with van der Waals surface area (Å²) in [5.41, 5.74) is 1.16. The topological polar surface area (TPSA) is 56.3 Å². The maximum atomic E-state index is 11.9. The summed E-state index contributed by atoms with van der Waals surface area (Å²) < 4.78 is 5.64. The molecule has 0 unspecified atom stereocenters. The van der Waals surface area contributed by atoms with Crippen LogP contribution in [0, 0.1) is 0 Å². The second-order valence-electron chi connectivity index (χ2n) is 5.50. The summed E-state index contributed by atoms with van der Waals surface area (Å²) in [6.45, 7) is 8.15. The molecule has 1 heterocycles. The van der Waals surface area contributed by atoms with Crippen molar-refractivity contribution in [3.8, 4) is 0 Å². The number of hydrogen-bond donors (Lipinski definition) is 0. The SMILES string of the molecule is CCOC(=O)C(=O)c1ccc2nc(C(C)(C)C)sc2c1. The first-order valence-corrected chi connectivity index (χ1v) is 7.27. The van der Waals surface area contributed by atoms with Crippen molar-refractivity contribution in [3.05, 3.63) is 28.8 Å². The summed E-state index contributed by atoms with van der Waals surface area (Å²) in [6.07, 6.45) is 0. The van der Waals surface area contributed by atoms with E-state index in [1.807, 2.05) is 0 Å². The van der Waals surface area contributed by atoms with Crippen LogP contribution in [0.5, 0.6) is 0 Å². The van der Waals surface area contributed by atoms with Crippen molar-refractivity contribution in [2.24, 2.45) is 0 Å². The van der Waals surface area contributed by atoms with Gasteiger partial charge in [0.2, 0.25) is 0 Å². The van der Waals surface area contributed by atoms with Crippen LogP contribution in [0.3, 0.4) is 0 Å². The van der Waals surface area contributed by atoms with E-state index >= 15 is 0 Å². The number of ether oxygens (including phenoxy) is 1. The minimum atomic E-state index is -0.813. The van der Waals surface area contributed by atoms with Crippen LogP contribution in [0.15, 0.2) is 18.2 Å². The van der Waals surface area contributed by atoms with Gasteiger partial charge in [0.05, 0.1) is 21.8 Å². The molecule has 1 aromatic carbocycles. The van der Waals surface area contributed by atoms with Crippen LogP contribution in [0.4, 0.5) is 0 Å². The minimum absolute atomic E-state index is 0.0327. The Labute approximate surface area is 121 Å². The maximum Gasteiger partial charge on any atom is 0.379 e. The number of carbonyl (C=O) groups excluding carboxylic acids is 2. The van der Waals surface area contributed by atoms with E-state index in [0.29, 0.717) is 5.56 Å². The number of thiazole rings is 1. The van der Waals surface area contributed by atoms with Gasteiger partial charge in [-0.15, -0.1) is 11.3 Å². The van der Waals surface area contributed by atoms with Crippen LogP contribution >= 0.6 is 11.3 Å². The quantitative estimate of drug-likeness (QED) is 0.494. The number of hydrogen-bond acceptors (Lipinski definition) is 5. The Hall–Kier alpha value is -1.75. The van der Waals surface area contributed by atoms with E-state index in [2.05, 4.69) is 25.8 Å². The molecule has 0 saturated heterocycles. The van der Waals surface area contributed by atoms with Gasteiger partial charge in [-0.25, -0.2) is 9.78 Å². The lowest BCUT2D eigenvalue weighted by atomic mass is 9.98. The van der Waals surface area contributed by atoms with Crippen molar-refractivity contribution in [1.29, 1.82) is 0 Å². The van der Waals surface area contributed by atoms with Gasteiger partial charge in [0.1, 0.15) is 0 Å². The molecule has 0 aliphatic heterocycles. The molecule has 0 bridgehead atoms. The van der Waals surface area contributed by atoms with Crippen molar-refractivity contribution in [1.82, 2.24) is 4.98 Å². The summed E-state index contributed by atoms with van der Waals surface area (Å²) >= 11 is 1.55. The summed E-state index contributed by atoms with van der Waals surface area (Å²) in [4.78, 5) is 27.9. The number of ketones is 1. The van der Waals surface area contributed by atoms with E-state index in [1.54, 1.807) is 36.5 Å². The molecule has 1 aromatic heterocycles. The lowest BCUT2D eigenvalue weighted by Gasteiger charge is -2.13. The normalized spacial score (nSPS) is 11.6. The molecule has 0 N–H and O–H groups in total. The third kappa shape index (κ3) is 2.88. The molecule has 0 aliphatic rings. The monoisotopic (exact) mass is 291 g/mol. The van der Waals surface area contributed by atoms with Gasteiger partial charge < -0.3 is 4.74 Å². The van der Waals surface area contributed by atoms with Crippen molar-refractivity contribution in [2.45, 2.75) is 33.1 Å². The van der Waals surface area contributed by atoms with Gasteiger partial charge in [-0.1, -0.05) is 20.8 Å². The molecule has 0 saturated carbocycles. The standard InChI is InChI=1S/C15H17NO3S/c1-5-19-13(18)12(17)9-6-7-10-11(8-9)20-14(16-10)15(2,3)4/h6-8H,5H2,1-4H3. The Balaban J connectivity index is 2.39. The molecular weight excluding hydrogens is 274 g/mol. The molecule has 0 aliphatic carbocycles. The van der Waals surface area contributed by atoms with Crippen molar-refractivity contribution < 1.29 is 14.3 Å². The molecule has 106 valence electrons. The largest absolute Gasteiger partial charge is 0.460 e. The number of carbonyl (C=O) groups is 2. The van der Waals surface area contributed by atoms with Gasteiger partial charge in [-0.2, -0.15) is 0 Å². The molecule has 4 nitrogen and oxygen atoms in total. The fourth-order valence-electron chi connectivity index (χ4n) is 1.70. The number of esters is 1. The van der Waals surface area contributed by atoms with Crippen molar-refractivity contribution in [3.63, 3.8) is 0 Å². The van der Waals surface area contributed by atoms with Crippen LogP contribution in [-0.2, 0) is 14.9 Å². The van der Waals surface area contributed by atoms with Gasteiger partial charge in [0, 0.05) is 11.0 Å². The van der Waals surface area contributed by atoms with Crippen LogP contribution in [-0.4, -0.2) is 23.3 Å². The summed E-state index contributed by atoms with van der Waals surface area (Å²) in [5, 5.41) is 1.01. The second-order valence-corrected chi connectivity index (χ2v) is 6.53. The highest BCUT2D eigenvalue weighted by atomic mass is 32.1. The molecule has 0 radical (unpaired) electrons. The van der Waals surface area contributed by atoms with Crippen molar-refractivity contribution >= 4 is 33.3 Å². The first-order chi connectivity index (χ1) is 9.32. The number of aromatic nitrogens is 1. The van der Waals surface area contributed by atoms with Crippen LogP contribution in [0.25, 0.3) is 10.2 Å². The minimum Gasteiger partial charge on any atom is -0.460 e. The fraction of sp³-hybridized carbons (Fsp3) is 0.400. The Kier molecular flexibility index (Phi) is 3.90. The summed E-state index contributed by atoms with van der Waals surface area (Å²) in [7, 11) is 0. The number of fused-ring (bicyclic) bond motifs is 1. The van der Waals surface area contributed by atoms with Gasteiger partial charge >= 0.3 is 5.97 Å². The van der Waals surface area contributed by atoms with E-state index in [-0.39, 0.29) is 12.0 Å². The average molecular weight is 291 g/mol. The maximum absolute atomic E-state index is 11.9. The van der Waals surface area contributed by atoms with Crippen LogP contribution in [0.2, 0.25) is 0 Å². The predicted molar refractivity (Wildman–Crippen MR) is 79.3 cm³/mol. The van der Waals surface area contributed by atoms with E-state index in [1.165, 1.54) is 0 Å². The van der Waals surface area contributed by atoms with E-state index in [0.717, 1.165) is 15.2 Å².